The van der Waals surface area contributed by atoms with Gasteiger partial charge in [-0.15, -0.1) is 0 Å². The Morgan fingerprint density at radius 1 is 1.00 bits per heavy atom. The van der Waals surface area contributed by atoms with E-state index in [1.165, 1.54) is 5.56 Å². The molecule has 0 saturated heterocycles. The second-order valence-corrected chi connectivity index (χ2v) is 7.62. The molecular weight excluding hydrogens is 354 g/mol. The van der Waals surface area contributed by atoms with Crippen molar-refractivity contribution < 1.29 is 19.1 Å². The lowest BCUT2D eigenvalue weighted by atomic mass is 9.87. The maximum atomic E-state index is 12.3. The van der Waals surface area contributed by atoms with Gasteiger partial charge in [0.15, 0.2) is 6.61 Å². The predicted octanol–water partition coefficient (Wildman–Crippen LogP) is 3.65. The Morgan fingerprint density at radius 2 is 1.64 bits per heavy atom. The SMILES string of the molecule is CCOC(=O)C(Cc1ccccc1)NC(=O)COc1ccc(C(C)(C)C)cc1. The number of carbonyl (C=O) groups excluding carboxylic acids is 2. The summed E-state index contributed by atoms with van der Waals surface area (Å²) in [7, 11) is 0. The van der Waals surface area contributed by atoms with Crippen molar-refractivity contribution in [2.75, 3.05) is 13.2 Å². The molecule has 5 heteroatoms. The van der Waals surface area contributed by atoms with Gasteiger partial charge in [-0.25, -0.2) is 4.79 Å². The van der Waals surface area contributed by atoms with Crippen LogP contribution in [0.4, 0.5) is 0 Å². The van der Waals surface area contributed by atoms with Gasteiger partial charge in [-0.3, -0.25) is 4.79 Å². The van der Waals surface area contributed by atoms with Gasteiger partial charge in [-0.1, -0.05) is 63.2 Å². The standard InChI is InChI=1S/C23H29NO4/c1-5-27-22(26)20(15-17-9-7-6-8-10-17)24-21(25)16-28-19-13-11-18(12-14-19)23(2,3)4/h6-14,20H,5,15-16H2,1-4H3,(H,24,25). The summed E-state index contributed by atoms with van der Waals surface area (Å²) in [5.74, 6) is -0.206. The minimum absolute atomic E-state index is 0.0558. The molecule has 0 bridgehead atoms. The quantitative estimate of drug-likeness (QED) is 0.707. The van der Waals surface area contributed by atoms with Gasteiger partial charge in [0.2, 0.25) is 0 Å². The average Bonchev–Trinajstić information content (AvgIpc) is 2.66. The van der Waals surface area contributed by atoms with E-state index < -0.39 is 12.0 Å². The zero-order valence-electron chi connectivity index (χ0n) is 17.0. The van der Waals surface area contributed by atoms with E-state index in [0.29, 0.717) is 12.2 Å². The fraction of sp³-hybridized carbons (Fsp3) is 0.391. The van der Waals surface area contributed by atoms with Crippen molar-refractivity contribution in [3.05, 3.63) is 65.7 Å². The van der Waals surface area contributed by atoms with E-state index in [2.05, 4.69) is 26.1 Å². The third-order valence-corrected chi connectivity index (χ3v) is 4.28. The normalized spacial score (nSPS) is 12.1. The summed E-state index contributed by atoms with van der Waals surface area (Å²) in [6.45, 7) is 8.25. The van der Waals surface area contributed by atoms with Crippen LogP contribution in [0.25, 0.3) is 0 Å². The predicted molar refractivity (Wildman–Crippen MR) is 109 cm³/mol. The molecule has 2 rings (SSSR count). The van der Waals surface area contributed by atoms with Gasteiger partial charge in [0, 0.05) is 6.42 Å². The molecule has 0 saturated carbocycles. The highest BCUT2D eigenvalue weighted by Gasteiger charge is 2.22. The maximum absolute atomic E-state index is 12.3. The molecule has 150 valence electrons. The number of benzene rings is 2. The fourth-order valence-electron chi connectivity index (χ4n) is 2.72. The molecule has 2 aromatic carbocycles. The van der Waals surface area contributed by atoms with Crippen LogP contribution < -0.4 is 10.1 Å². The Bertz CT molecular complexity index is 763. The zero-order valence-corrected chi connectivity index (χ0v) is 17.0. The summed E-state index contributed by atoms with van der Waals surface area (Å²) in [6.07, 6.45) is 0.367. The summed E-state index contributed by atoms with van der Waals surface area (Å²) in [5.41, 5.74) is 2.19. The Kier molecular flexibility index (Phi) is 7.61. The summed E-state index contributed by atoms with van der Waals surface area (Å²) < 4.78 is 10.7. The van der Waals surface area contributed by atoms with E-state index in [1.54, 1.807) is 6.92 Å². The van der Waals surface area contributed by atoms with Crippen LogP contribution in [-0.2, 0) is 26.2 Å². The first-order valence-corrected chi connectivity index (χ1v) is 9.53. The third kappa shape index (κ3) is 6.72. The first kappa shape index (κ1) is 21.5. The Balaban J connectivity index is 1.94. The van der Waals surface area contributed by atoms with Gasteiger partial charge in [0.25, 0.3) is 5.91 Å². The lowest BCUT2D eigenvalue weighted by molar-refractivity contribution is -0.147. The van der Waals surface area contributed by atoms with Crippen molar-refractivity contribution in [2.45, 2.75) is 45.6 Å². The number of nitrogens with one attached hydrogen (secondary N) is 1. The highest BCUT2D eigenvalue weighted by Crippen LogP contribution is 2.24. The Labute approximate surface area is 167 Å². The molecule has 0 aliphatic rings. The molecule has 0 heterocycles. The van der Waals surface area contributed by atoms with Gasteiger partial charge in [0.05, 0.1) is 6.61 Å². The van der Waals surface area contributed by atoms with E-state index >= 15 is 0 Å². The minimum Gasteiger partial charge on any atom is -0.484 e. The molecular formula is C23H29NO4. The topological polar surface area (TPSA) is 64.6 Å². The molecule has 0 aromatic heterocycles. The lowest BCUT2D eigenvalue weighted by Gasteiger charge is -2.19. The van der Waals surface area contributed by atoms with Crippen LogP contribution in [0.5, 0.6) is 5.75 Å². The summed E-state index contributed by atoms with van der Waals surface area (Å²) in [5, 5.41) is 2.72. The molecule has 1 atom stereocenters. The minimum atomic E-state index is -0.748. The fourth-order valence-corrected chi connectivity index (χ4v) is 2.72. The lowest BCUT2D eigenvalue weighted by Crippen LogP contribution is -2.45. The van der Waals surface area contributed by atoms with E-state index in [0.717, 1.165) is 5.56 Å². The van der Waals surface area contributed by atoms with Crippen molar-refractivity contribution in [1.29, 1.82) is 0 Å². The second-order valence-electron chi connectivity index (χ2n) is 7.62. The molecule has 0 aliphatic carbocycles. The molecule has 0 fully saturated rings. The molecule has 0 spiro atoms. The van der Waals surface area contributed by atoms with Crippen LogP contribution >= 0.6 is 0 Å². The van der Waals surface area contributed by atoms with Crippen LogP contribution in [0.2, 0.25) is 0 Å². The smallest absolute Gasteiger partial charge is 0.328 e. The average molecular weight is 383 g/mol. The van der Waals surface area contributed by atoms with E-state index in [-0.39, 0.29) is 24.5 Å². The number of esters is 1. The van der Waals surface area contributed by atoms with E-state index in [4.69, 9.17) is 9.47 Å². The van der Waals surface area contributed by atoms with Crippen LogP contribution in [-0.4, -0.2) is 31.1 Å². The number of hydrogen-bond acceptors (Lipinski definition) is 4. The highest BCUT2D eigenvalue weighted by molar-refractivity contribution is 5.85. The largest absolute Gasteiger partial charge is 0.484 e. The summed E-state index contributed by atoms with van der Waals surface area (Å²) in [4.78, 5) is 24.5. The van der Waals surface area contributed by atoms with Crippen molar-refractivity contribution in [1.82, 2.24) is 5.32 Å². The molecule has 1 N–H and O–H groups in total. The molecule has 1 unspecified atom stereocenters. The van der Waals surface area contributed by atoms with Crippen LogP contribution in [0, 0.1) is 0 Å². The molecule has 5 nitrogen and oxygen atoms in total. The van der Waals surface area contributed by atoms with Crippen molar-refractivity contribution >= 4 is 11.9 Å². The summed E-state index contributed by atoms with van der Waals surface area (Å²) >= 11 is 0. The number of hydrogen-bond donors (Lipinski definition) is 1. The highest BCUT2D eigenvalue weighted by atomic mass is 16.5. The number of rotatable bonds is 8. The monoisotopic (exact) mass is 383 g/mol. The van der Waals surface area contributed by atoms with Gasteiger partial charge in [0.1, 0.15) is 11.8 Å². The van der Waals surface area contributed by atoms with Crippen LogP contribution in [0.3, 0.4) is 0 Å². The van der Waals surface area contributed by atoms with Crippen molar-refractivity contribution in [3.8, 4) is 5.75 Å². The third-order valence-electron chi connectivity index (χ3n) is 4.28. The van der Waals surface area contributed by atoms with Gasteiger partial charge in [-0.05, 0) is 35.6 Å². The van der Waals surface area contributed by atoms with Crippen LogP contribution in [0.15, 0.2) is 54.6 Å². The number of amides is 1. The van der Waals surface area contributed by atoms with E-state index in [9.17, 15) is 9.59 Å². The molecule has 0 radical (unpaired) electrons. The Hall–Kier alpha value is -2.82. The second kappa shape index (κ2) is 9.93. The molecule has 28 heavy (non-hydrogen) atoms. The molecule has 0 aliphatic heterocycles. The first-order chi connectivity index (χ1) is 13.3. The number of carbonyl (C=O) groups is 2. The zero-order chi connectivity index (χ0) is 20.6. The van der Waals surface area contributed by atoms with Gasteiger partial charge < -0.3 is 14.8 Å². The maximum Gasteiger partial charge on any atom is 0.328 e. The van der Waals surface area contributed by atoms with Crippen LogP contribution in [0.1, 0.15) is 38.8 Å². The van der Waals surface area contributed by atoms with E-state index in [1.807, 2.05) is 54.6 Å². The number of ether oxygens (including phenoxy) is 2. The van der Waals surface area contributed by atoms with Gasteiger partial charge in [-0.2, -0.15) is 0 Å². The van der Waals surface area contributed by atoms with Gasteiger partial charge >= 0.3 is 5.97 Å². The Morgan fingerprint density at radius 3 is 2.21 bits per heavy atom. The van der Waals surface area contributed by atoms with Crippen molar-refractivity contribution in [3.63, 3.8) is 0 Å². The first-order valence-electron chi connectivity index (χ1n) is 9.53. The summed E-state index contributed by atoms with van der Waals surface area (Å²) in [6, 6.07) is 16.4. The molecule has 2 aromatic rings. The molecule has 1 amide bonds. The van der Waals surface area contributed by atoms with Crippen molar-refractivity contribution in [2.24, 2.45) is 0 Å².